The van der Waals surface area contributed by atoms with E-state index in [1.165, 1.54) is 16.2 Å². The summed E-state index contributed by atoms with van der Waals surface area (Å²) in [6.07, 6.45) is 1.79. The molecule has 2 aliphatic heterocycles. The number of hydrogen-bond donors (Lipinski definition) is 3. The lowest BCUT2D eigenvalue weighted by atomic mass is 9.81. The van der Waals surface area contributed by atoms with E-state index >= 15 is 0 Å². The normalized spacial score (nSPS) is 27.5. The van der Waals surface area contributed by atoms with Crippen LogP contribution in [0, 0.1) is 0 Å². The Bertz CT molecular complexity index is 1090. The van der Waals surface area contributed by atoms with Crippen LogP contribution in [0.15, 0.2) is 4.99 Å². The number of hydrogen-bond acceptors (Lipinski definition) is 10. The van der Waals surface area contributed by atoms with Gasteiger partial charge in [-0.1, -0.05) is 11.3 Å². The molecule has 1 aromatic rings. The number of aromatic nitrogens is 2. The number of nitrogens with zero attached hydrogens (tertiary/aromatic N) is 5. The van der Waals surface area contributed by atoms with E-state index in [0.717, 1.165) is 5.01 Å². The minimum Gasteiger partial charge on any atom is -0.444 e. The lowest BCUT2D eigenvalue weighted by Gasteiger charge is -2.31. The number of alkyl carbamates (subject to hydrolysis) is 1. The zero-order valence-electron chi connectivity index (χ0n) is 18.9. The van der Waals surface area contributed by atoms with Crippen LogP contribution >= 0.6 is 11.3 Å². The Labute approximate surface area is 200 Å². The monoisotopic (exact) mass is 517 g/mol. The zero-order chi connectivity index (χ0) is 24.8. The number of amides is 3. The van der Waals surface area contributed by atoms with Gasteiger partial charge in [0.25, 0.3) is 0 Å². The minimum absolute atomic E-state index is 0.00312. The number of fused-ring (bicyclic) bond motifs is 2. The second kappa shape index (κ2) is 8.90. The first-order chi connectivity index (χ1) is 15.8. The number of carbonyl (C=O) groups is 2. The number of guanidine groups is 1. The third kappa shape index (κ3) is 5.56. The number of urea groups is 1. The number of ether oxygens (including phenoxy) is 1. The van der Waals surface area contributed by atoms with Gasteiger partial charge in [0.05, 0.1) is 18.1 Å². The summed E-state index contributed by atoms with van der Waals surface area (Å²) in [5.74, 6) is 0.135. The Morgan fingerprint density at radius 1 is 1.26 bits per heavy atom. The molecule has 3 amide bonds. The third-order valence-electron chi connectivity index (χ3n) is 5.65. The smallest absolute Gasteiger partial charge is 0.418 e. The number of rotatable bonds is 5. The lowest BCUT2D eigenvalue weighted by molar-refractivity contribution is -0.0317. The molecule has 0 spiro atoms. The van der Waals surface area contributed by atoms with Gasteiger partial charge >= 0.3 is 22.5 Å². The van der Waals surface area contributed by atoms with Crippen molar-refractivity contribution in [1.29, 1.82) is 0 Å². The molecule has 2 bridgehead atoms. The highest BCUT2D eigenvalue weighted by molar-refractivity contribution is 7.80. The molecule has 2 saturated heterocycles. The summed E-state index contributed by atoms with van der Waals surface area (Å²) in [5, 5.41) is 13.1. The molecule has 188 valence electrons. The molecule has 1 aromatic heterocycles. The van der Waals surface area contributed by atoms with Gasteiger partial charge in [0.15, 0.2) is 5.96 Å². The van der Waals surface area contributed by atoms with Gasteiger partial charge in [0, 0.05) is 12.5 Å². The van der Waals surface area contributed by atoms with Crippen molar-refractivity contribution in [1.82, 2.24) is 25.5 Å². The fourth-order valence-corrected chi connectivity index (χ4v) is 5.67. The van der Waals surface area contributed by atoms with Crippen molar-refractivity contribution in [3.63, 3.8) is 0 Å². The predicted octanol–water partition coefficient (Wildman–Crippen LogP) is 1.30. The highest BCUT2D eigenvalue weighted by Gasteiger charge is 2.48. The summed E-state index contributed by atoms with van der Waals surface area (Å²) in [6, 6.07) is -1.49. The Morgan fingerprint density at radius 3 is 2.59 bits per heavy atom. The molecule has 34 heavy (non-hydrogen) atoms. The van der Waals surface area contributed by atoms with Crippen molar-refractivity contribution in [2.75, 3.05) is 6.54 Å². The second-order valence-corrected chi connectivity index (χ2v) is 11.5. The first-order valence-corrected chi connectivity index (χ1v) is 12.9. The van der Waals surface area contributed by atoms with Crippen LogP contribution in [0.4, 0.5) is 9.59 Å². The highest BCUT2D eigenvalue weighted by atomic mass is 32.3. The maximum Gasteiger partial charge on any atom is 0.418 e. The molecular weight excluding hydrogens is 490 g/mol. The van der Waals surface area contributed by atoms with E-state index in [-0.39, 0.29) is 30.5 Å². The van der Waals surface area contributed by atoms with Gasteiger partial charge < -0.3 is 15.4 Å². The summed E-state index contributed by atoms with van der Waals surface area (Å²) < 4.78 is 40.6. The van der Waals surface area contributed by atoms with Crippen LogP contribution in [-0.4, -0.2) is 75.4 Å². The number of piperidine rings is 1. The van der Waals surface area contributed by atoms with Crippen molar-refractivity contribution in [2.45, 2.75) is 76.1 Å². The molecule has 0 aromatic carbocycles. The first kappa shape index (κ1) is 24.6. The predicted molar refractivity (Wildman–Crippen MR) is 119 cm³/mol. The molecule has 2 atom stereocenters. The number of hydroxylamine groups is 2. The van der Waals surface area contributed by atoms with Gasteiger partial charge in [-0.05, 0) is 46.5 Å². The van der Waals surface area contributed by atoms with Crippen molar-refractivity contribution < 1.29 is 31.6 Å². The van der Waals surface area contributed by atoms with Crippen LogP contribution < -0.4 is 11.1 Å². The average Bonchev–Trinajstić information content (AvgIpc) is 3.22. The summed E-state index contributed by atoms with van der Waals surface area (Å²) in [5.41, 5.74) is 5.16. The van der Waals surface area contributed by atoms with Gasteiger partial charge in [-0.15, -0.1) is 14.5 Å². The average molecular weight is 518 g/mol. The van der Waals surface area contributed by atoms with Crippen LogP contribution in [-0.2, 0) is 19.4 Å². The molecule has 1 saturated carbocycles. The standard InChI is InChI=1S/C18H27N7O7S2/c1-18(2,3)31-16(26)21-15(19)20-10-6-9(7-10)13-22-23-14(33-13)12-5-4-11-8-24(12)17(27)25(11)32-34(28,29)30/h9-12H,4-8H2,1-3H3,(H,28,29,30)(H3,19,20,21,26)/t9?,10?,11-,12+/m1/s1. The molecule has 3 aliphatic rings. The van der Waals surface area contributed by atoms with Crippen LogP contribution in [0.2, 0.25) is 0 Å². The number of aliphatic imine (C=N–C) groups is 1. The third-order valence-corrected chi connectivity index (χ3v) is 7.19. The van der Waals surface area contributed by atoms with Gasteiger partial charge in [-0.25, -0.2) is 14.6 Å². The van der Waals surface area contributed by atoms with Crippen molar-refractivity contribution in [2.24, 2.45) is 10.7 Å². The topological polar surface area (TPSA) is 190 Å². The van der Waals surface area contributed by atoms with Crippen molar-refractivity contribution in [3.8, 4) is 0 Å². The molecule has 14 nitrogen and oxygen atoms in total. The fourth-order valence-electron chi connectivity index (χ4n) is 4.17. The molecule has 0 radical (unpaired) electrons. The van der Waals surface area contributed by atoms with Gasteiger partial charge in [-0.3, -0.25) is 9.87 Å². The summed E-state index contributed by atoms with van der Waals surface area (Å²) in [7, 11) is -4.79. The fraction of sp³-hybridized carbons (Fsp3) is 0.722. The van der Waals surface area contributed by atoms with Gasteiger partial charge in [0.2, 0.25) is 0 Å². The maximum absolute atomic E-state index is 12.6. The second-order valence-electron chi connectivity index (χ2n) is 9.45. The van der Waals surface area contributed by atoms with E-state index in [0.29, 0.717) is 35.8 Å². The number of nitrogens with one attached hydrogen (secondary N) is 1. The van der Waals surface area contributed by atoms with Gasteiger partial charge in [0.1, 0.15) is 15.6 Å². The molecule has 3 fully saturated rings. The van der Waals surface area contributed by atoms with E-state index in [2.05, 4.69) is 24.8 Å². The van der Waals surface area contributed by atoms with Crippen LogP contribution in [0.5, 0.6) is 0 Å². The summed E-state index contributed by atoms with van der Waals surface area (Å²) in [6.45, 7) is 5.53. The van der Waals surface area contributed by atoms with E-state index < -0.39 is 34.2 Å². The quantitative estimate of drug-likeness (QED) is 0.291. The molecule has 3 heterocycles. The number of carbonyl (C=O) groups excluding carboxylic acids is 2. The largest absolute Gasteiger partial charge is 0.444 e. The molecule has 4 rings (SSSR count). The summed E-state index contributed by atoms with van der Waals surface area (Å²) >= 11 is 1.40. The van der Waals surface area contributed by atoms with E-state index in [1.807, 2.05) is 0 Å². The Morgan fingerprint density at radius 2 is 1.94 bits per heavy atom. The minimum atomic E-state index is -4.79. The first-order valence-electron chi connectivity index (χ1n) is 10.7. The van der Waals surface area contributed by atoms with E-state index in [1.54, 1.807) is 20.8 Å². The van der Waals surface area contributed by atoms with Crippen LogP contribution in [0.25, 0.3) is 0 Å². The Balaban J connectivity index is 1.32. The lowest BCUT2D eigenvalue weighted by Crippen LogP contribution is -2.42. The molecular formula is C18H27N7O7S2. The summed E-state index contributed by atoms with van der Waals surface area (Å²) in [4.78, 5) is 30.2. The maximum atomic E-state index is 12.6. The Hall–Kier alpha value is -2.56. The molecule has 1 aliphatic carbocycles. The molecule has 4 N–H and O–H groups in total. The van der Waals surface area contributed by atoms with Gasteiger partial charge in [-0.2, -0.15) is 13.5 Å². The van der Waals surface area contributed by atoms with Crippen molar-refractivity contribution >= 4 is 39.8 Å². The number of nitrogens with two attached hydrogens (primary N) is 1. The molecule has 16 heteroatoms. The van der Waals surface area contributed by atoms with E-state index in [4.69, 9.17) is 15.0 Å². The zero-order valence-corrected chi connectivity index (χ0v) is 20.5. The van der Waals surface area contributed by atoms with Crippen LogP contribution in [0.1, 0.15) is 68.4 Å². The highest BCUT2D eigenvalue weighted by Crippen LogP contribution is 2.44. The van der Waals surface area contributed by atoms with E-state index in [9.17, 15) is 18.0 Å². The van der Waals surface area contributed by atoms with Crippen molar-refractivity contribution in [3.05, 3.63) is 10.0 Å². The Kier molecular flexibility index (Phi) is 6.43. The van der Waals surface area contributed by atoms with Crippen LogP contribution in [0.3, 0.4) is 0 Å². The molecule has 0 unspecified atom stereocenters. The SMILES string of the molecule is CC(C)(C)OC(=O)NC(N)=NC1CC(c2nnc([C@@H]3CC[C@@H]4CN3C(=O)N4OS(=O)(=O)O)s2)C1.